The summed E-state index contributed by atoms with van der Waals surface area (Å²) >= 11 is 0. The minimum atomic E-state index is -0.695. The molecule has 3 aromatic rings. The van der Waals surface area contributed by atoms with E-state index in [2.05, 4.69) is 0 Å². The number of fused-ring (bicyclic) bond motifs is 3. The highest BCUT2D eigenvalue weighted by atomic mass is 16.5. The minimum absolute atomic E-state index is 0.00832. The zero-order valence-corrected chi connectivity index (χ0v) is 26.2. The molecule has 0 aromatic heterocycles. The number of imide groups is 1. The Hall–Kier alpha value is -5.50. The third-order valence-corrected chi connectivity index (χ3v) is 9.85. The van der Waals surface area contributed by atoms with Gasteiger partial charge in [0.2, 0.25) is 11.8 Å². The number of para-hydroxylation sites is 1. The second kappa shape index (κ2) is 11.7. The summed E-state index contributed by atoms with van der Waals surface area (Å²) in [5.74, 6) is -2.12. The molecule has 4 atom stereocenters. The van der Waals surface area contributed by atoms with Gasteiger partial charge in [0.05, 0.1) is 31.7 Å². The standard InChI is InChI=1S/C39H33NO7/c1-21-18-32(42)36-30(37(21)43)20-29-26(34(36)27-6-4-5-7-31(27)41)15-16-28-35(29)39(45)40(38(28)44)24-12-9-22(10-13-24)8-11-23-19-25(46-2)14-17-33(23)47-3/h4-15,17-19,28-29,34-35,41H,16,20H2,1-3H3/t28-,29+,34+,35-/m0/s1. The predicted molar refractivity (Wildman–Crippen MR) is 177 cm³/mol. The number of Topliss-reactive ketones (excluding diaryl/α,β-unsaturated/α-hetero) is 1. The lowest BCUT2D eigenvalue weighted by atomic mass is 9.59. The van der Waals surface area contributed by atoms with Gasteiger partial charge < -0.3 is 14.6 Å². The third kappa shape index (κ3) is 4.92. The molecule has 1 fully saturated rings. The molecule has 7 rings (SSSR count). The van der Waals surface area contributed by atoms with Crippen molar-refractivity contribution in [3.05, 3.63) is 118 Å². The van der Waals surface area contributed by atoms with Crippen molar-refractivity contribution in [3.63, 3.8) is 0 Å². The highest BCUT2D eigenvalue weighted by Gasteiger charge is 2.56. The smallest absolute Gasteiger partial charge is 0.238 e. The van der Waals surface area contributed by atoms with E-state index in [1.54, 1.807) is 57.5 Å². The molecule has 1 aliphatic heterocycles. The number of amides is 2. The molecule has 1 heterocycles. The van der Waals surface area contributed by atoms with E-state index >= 15 is 0 Å². The molecule has 0 spiro atoms. The molecule has 0 saturated carbocycles. The number of anilines is 1. The monoisotopic (exact) mass is 627 g/mol. The molecule has 8 nitrogen and oxygen atoms in total. The molecule has 0 bridgehead atoms. The number of methoxy groups -OCH3 is 2. The topological polar surface area (TPSA) is 110 Å². The number of ketones is 2. The van der Waals surface area contributed by atoms with Crippen LogP contribution in [0.15, 0.2) is 101 Å². The van der Waals surface area contributed by atoms with Gasteiger partial charge in [0.25, 0.3) is 0 Å². The van der Waals surface area contributed by atoms with Crippen LogP contribution in [0, 0.1) is 17.8 Å². The quantitative estimate of drug-likeness (QED) is 0.150. The second-order valence-corrected chi connectivity index (χ2v) is 12.3. The Balaban J connectivity index is 1.20. The molecule has 1 N–H and O–H groups in total. The van der Waals surface area contributed by atoms with Crippen LogP contribution < -0.4 is 14.4 Å². The maximum absolute atomic E-state index is 14.2. The van der Waals surface area contributed by atoms with Crippen molar-refractivity contribution in [3.8, 4) is 17.2 Å². The van der Waals surface area contributed by atoms with Crippen LogP contribution in [0.25, 0.3) is 12.2 Å². The van der Waals surface area contributed by atoms with Crippen molar-refractivity contribution in [1.82, 2.24) is 0 Å². The largest absolute Gasteiger partial charge is 0.508 e. The third-order valence-electron chi connectivity index (χ3n) is 9.85. The van der Waals surface area contributed by atoms with Gasteiger partial charge in [0.15, 0.2) is 11.6 Å². The van der Waals surface area contributed by atoms with Crippen molar-refractivity contribution in [2.45, 2.75) is 25.7 Å². The van der Waals surface area contributed by atoms with Gasteiger partial charge in [-0.05, 0) is 73.7 Å². The van der Waals surface area contributed by atoms with Gasteiger partial charge in [-0.15, -0.1) is 0 Å². The summed E-state index contributed by atoms with van der Waals surface area (Å²) in [6.07, 6.45) is 7.64. The van der Waals surface area contributed by atoms with Crippen molar-refractivity contribution in [1.29, 1.82) is 0 Å². The van der Waals surface area contributed by atoms with Gasteiger partial charge in [-0.3, -0.25) is 24.1 Å². The molecular weight excluding hydrogens is 594 g/mol. The second-order valence-electron chi connectivity index (χ2n) is 12.3. The Bertz CT molecular complexity index is 1980. The lowest BCUT2D eigenvalue weighted by Crippen LogP contribution is -2.39. The van der Waals surface area contributed by atoms with Gasteiger partial charge in [0.1, 0.15) is 17.2 Å². The average molecular weight is 628 g/mol. The van der Waals surface area contributed by atoms with Crippen molar-refractivity contribution < 1.29 is 33.8 Å². The number of hydrogen-bond acceptors (Lipinski definition) is 7. The molecule has 4 aliphatic rings. The Morgan fingerprint density at radius 2 is 1.64 bits per heavy atom. The van der Waals surface area contributed by atoms with Gasteiger partial charge in [0, 0.05) is 33.8 Å². The van der Waals surface area contributed by atoms with Gasteiger partial charge >= 0.3 is 0 Å². The van der Waals surface area contributed by atoms with Gasteiger partial charge in [-0.1, -0.05) is 54.1 Å². The van der Waals surface area contributed by atoms with Crippen LogP contribution in [0.1, 0.15) is 42.4 Å². The minimum Gasteiger partial charge on any atom is -0.508 e. The fraction of sp³-hybridized carbons (Fsp3) is 0.231. The van der Waals surface area contributed by atoms with Gasteiger partial charge in [-0.2, -0.15) is 0 Å². The molecule has 47 heavy (non-hydrogen) atoms. The van der Waals surface area contributed by atoms with E-state index in [4.69, 9.17) is 9.47 Å². The number of allylic oxidation sites excluding steroid dienone is 6. The number of benzene rings is 3. The van der Waals surface area contributed by atoms with E-state index in [0.717, 1.165) is 16.7 Å². The lowest BCUT2D eigenvalue weighted by Gasteiger charge is -2.42. The highest BCUT2D eigenvalue weighted by Crippen LogP contribution is 2.56. The normalized spacial score (nSPS) is 23.8. The van der Waals surface area contributed by atoms with Crippen molar-refractivity contribution >= 4 is 41.2 Å². The summed E-state index contributed by atoms with van der Waals surface area (Å²) in [5.41, 5.74) is 4.55. The number of ether oxygens (including phenoxy) is 2. The van der Waals surface area contributed by atoms with Crippen LogP contribution >= 0.6 is 0 Å². The van der Waals surface area contributed by atoms with Gasteiger partial charge in [-0.25, -0.2) is 0 Å². The molecule has 236 valence electrons. The Labute approximate surface area is 272 Å². The maximum Gasteiger partial charge on any atom is 0.238 e. The average Bonchev–Trinajstić information content (AvgIpc) is 3.34. The first-order valence-electron chi connectivity index (χ1n) is 15.6. The zero-order chi connectivity index (χ0) is 33.0. The molecule has 1 saturated heterocycles. The van der Waals surface area contributed by atoms with E-state index in [1.165, 1.54) is 11.0 Å². The van der Waals surface area contributed by atoms with E-state index in [-0.39, 0.29) is 35.6 Å². The van der Waals surface area contributed by atoms with E-state index in [1.807, 2.05) is 48.6 Å². The molecule has 2 amide bonds. The predicted octanol–water partition coefficient (Wildman–Crippen LogP) is 6.21. The van der Waals surface area contributed by atoms with Crippen LogP contribution in [0.5, 0.6) is 17.2 Å². The number of rotatable bonds is 6. The number of nitrogens with zero attached hydrogens (tertiary/aromatic N) is 1. The van der Waals surface area contributed by atoms with Crippen LogP contribution in [0.2, 0.25) is 0 Å². The van der Waals surface area contributed by atoms with E-state index in [9.17, 15) is 24.3 Å². The molecule has 0 unspecified atom stereocenters. The summed E-state index contributed by atoms with van der Waals surface area (Å²) in [6.45, 7) is 1.62. The number of aromatic hydroxyl groups is 1. The Morgan fingerprint density at radius 1 is 0.872 bits per heavy atom. The number of carbonyl (C=O) groups is 4. The SMILES string of the molecule is COc1ccc(OC)c(C=Cc2ccc(N3C(=O)[C@H]4[C@H](CC=C5[C@H](c6ccccc6O)C6=C(C[C@H]54)C(=O)C(C)=CC6=O)C3=O)cc2)c1. The number of hydrogen-bond donors (Lipinski definition) is 1. The fourth-order valence-corrected chi connectivity index (χ4v) is 7.61. The maximum atomic E-state index is 14.2. The Morgan fingerprint density at radius 3 is 2.36 bits per heavy atom. The Kier molecular flexibility index (Phi) is 7.51. The zero-order valence-electron chi connectivity index (χ0n) is 26.2. The highest BCUT2D eigenvalue weighted by molar-refractivity contribution is 6.25. The summed E-state index contributed by atoms with van der Waals surface area (Å²) in [6, 6.07) is 19.5. The van der Waals surface area contributed by atoms with Crippen LogP contribution in [0.4, 0.5) is 5.69 Å². The van der Waals surface area contributed by atoms with Crippen LogP contribution in [0.3, 0.4) is 0 Å². The lowest BCUT2D eigenvalue weighted by molar-refractivity contribution is -0.123. The fourth-order valence-electron chi connectivity index (χ4n) is 7.61. The number of phenols is 1. The summed E-state index contributed by atoms with van der Waals surface area (Å²) in [7, 11) is 3.21. The molecule has 3 aromatic carbocycles. The van der Waals surface area contributed by atoms with Crippen molar-refractivity contribution in [2.75, 3.05) is 19.1 Å². The van der Waals surface area contributed by atoms with Crippen molar-refractivity contribution in [2.24, 2.45) is 17.8 Å². The van der Waals surface area contributed by atoms with Crippen LogP contribution in [-0.4, -0.2) is 42.7 Å². The first-order chi connectivity index (χ1) is 22.7. The van der Waals surface area contributed by atoms with E-state index < -0.39 is 23.7 Å². The van der Waals surface area contributed by atoms with E-state index in [0.29, 0.717) is 45.9 Å². The first-order valence-corrected chi connectivity index (χ1v) is 15.6. The summed E-state index contributed by atoms with van der Waals surface area (Å²) in [5, 5.41) is 10.9. The number of phenolic OH excluding ortho intramolecular Hbond substituents is 1. The first kappa shape index (κ1) is 30.2. The van der Waals surface area contributed by atoms with Crippen LogP contribution in [-0.2, 0) is 19.2 Å². The molecule has 3 aliphatic carbocycles. The number of carbonyl (C=O) groups excluding carboxylic acids is 4. The summed E-state index contributed by atoms with van der Waals surface area (Å²) in [4.78, 5) is 56.2. The molecule has 8 heteroatoms. The molecule has 0 radical (unpaired) electrons. The molecular formula is C39H33NO7. The summed E-state index contributed by atoms with van der Waals surface area (Å²) < 4.78 is 10.8.